The number of primary amides is 1. The fraction of sp³-hybridized carbons (Fsp3) is 0.758. The predicted octanol–water partition coefficient (Wildman–Crippen LogP) is 3.99. The first-order valence-electron chi connectivity index (χ1n) is 15.3. The number of carbonyl (C=O) groups excluding carboxylic acids is 2. The summed E-state index contributed by atoms with van der Waals surface area (Å²) in [6.07, 6.45) is 5.44. The Kier molecular flexibility index (Phi) is 12.9. The van der Waals surface area contributed by atoms with Gasteiger partial charge >= 0.3 is 12.1 Å². The molecule has 0 aromatic rings. The van der Waals surface area contributed by atoms with Crippen molar-refractivity contribution in [1.82, 2.24) is 0 Å². The highest BCUT2D eigenvalue weighted by atomic mass is 16.6. The molecule has 9 heteroatoms. The van der Waals surface area contributed by atoms with Gasteiger partial charge in [0.1, 0.15) is 12.2 Å². The second-order valence-corrected chi connectivity index (χ2v) is 13.4. The van der Waals surface area contributed by atoms with E-state index in [2.05, 4.69) is 6.58 Å². The maximum Gasteiger partial charge on any atom is 0.404 e. The van der Waals surface area contributed by atoms with Gasteiger partial charge < -0.3 is 35.6 Å². The van der Waals surface area contributed by atoms with Crippen LogP contribution in [0.2, 0.25) is 0 Å². The molecule has 1 saturated heterocycles. The van der Waals surface area contributed by atoms with Crippen molar-refractivity contribution in [2.75, 3.05) is 0 Å². The van der Waals surface area contributed by atoms with Gasteiger partial charge in [0.15, 0.2) is 0 Å². The largest absolute Gasteiger partial charge is 0.461 e. The predicted molar refractivity (Wildman–Crippen MR) is 162 cm³/mol. The van der Waals surface area contributed by atoms with Crippen LogP contribution in [-0.2, 0) is 14.3 Å². The van der Waals surface area contributed by atoms with Crippen molar-refractivity contribution in [3.63, 3.8) is 0 Å². The van der Waals surface area contributed by atoms with Crippen molar-refractivity contribution in [3.8, 4) is 0 Å². The maximum absolute atomic E-state index is 12.2. The zero-order valence-electron chi connectivity index (χ0n) is 26.6. The van der Waals surface area contributed by atoms with E-state index < -0.39 is 60.0 Å². The van der Waals surface area contributed by atoms with E-state index in [1.807, 2.05) is 52.8 Å². The minimum absolute atomic E-state index is 0.130. The lowest BCUT2D eigenvalue weighted by atomic mass is 9.70. The number of aliphatic hydroxyl groups is 4. The maximum atomic E-state index is 12.2. The molecule has 0 bridgehead atoms. The van der Waals surface area contributed by atoms with Gasteiger partial charge in [-0.1, -0.05) is 78.5 Å². The Bertz CT molecular complexity index is 979. The molecule has 42 heavy (non-hydrogen) atoms. The molecule has 240 valence electrons. The number of ether oxygens (including phenoxy) is 2. The number of aliphatic hydroxyl groups excluding tert-OH is 3. The number of allylic oxidation sites excluding steroid dienone is 3. The Labute approximate surface area is 251 Å². The van der Waals surface area contributed by atoms with E-state index >= 15 is 0 Å². The first kappa shape index (κ1) is 36.0. The van der Waals surface area contributed by atoms with Crippen LogP contribution < -0.4 is 5.73 Å². The molecular formula is C33H55NO8. The summed E-state index contributed by atoms with van der Waals surface area (Å²) >= 11 is 0. The topological polar surface area (TPSA) is 160 Å². The van der Waals surface area contributed by atoms with Gasteiger partial charge in [-0.3, -0.25) is 4.79 Å². The fourth-order valence-electron chi connectivity index (χ4n) is 7.50. The summed E-state index contributed by atoms with van der Waals surface area (Å²) in [5.41, 5.74) is 4.09. The number of hydrogen-bond acceptors (Lipinski definition) is 8. The number of carbonyl (C=O) groups is 2. The fourth-order valence-corrected chi connectivity index (χ4v) is 7.50. The molecule has 2 fully saturated rings. The van der Waals surface area contributed by atoms with E-state index in [1.165, 1.54) is 0 Å². The minimum atomic E-state index is -1.25. The molecule has 1 heterocycles. The van der Waals surface area contributed by atoms with Gasteiger partial charge in [-0.15, -0.1) is 0 Å². The quantitative estimate of drug-likeness (QED) is 0.122. The van der Waals surface area contributed by atoms with Gasteiger partial charge in [0.25, 0.3) is 0 Å². The van der Waals surface area contributed by atoms with E-state index in [9.17, 15) is 30.0 Å². The standard InChI is InChI=1S/C33H55NO8/c1-10-11-13-17(2)30(42-32(34)39)22(7)27(35)18(3)16-33(9,40)26-21(6)28(36)19(4)24(26)14-12-15-25-20(5)29(37)23(8)31(38)41-25/h10-14,17-30,35-37,40H,1,15-16H2,2-9H3,(H2,34,39)/b13-11-,14-12+/t17-,18-,19-,20-,21-,22-,23+,24+,25-,26+,27+,28-,29-,30-,33+/m0/s1. The third kappa shape index (κ3) is 8.24. The minimum Gasteiger partial charge on any atom is -0.461 e. The lowest BCUT2D eigenvalue weighted by Gasteiger charge is -2.41. The third-order valence-electron chi connectivity index (χ3n) is 10.1. The first-order chi connectivity index (χ1) is 19.5. The summed E-state index contributed by atoms with van der Waals surface area (Å²) in [4.78, 5) is 23.8. The van der Waals surface area contributed by atoms with Crippen LogP contribution in [0.4, 0.5) is 4.79 Å². The highest BCUT2D eigenvalue weighted by Gasteiger charge is 2.52. The van der Waals surface area contributed by atoms with Crippen molar-refractivity contribution < 1.29 is 39.5 Å². The number of cyclic esters (lactones) is 1. The lowest BCUT2D eigenvalue weighted by Crippen LogP contribution is -2.46. The van der Waals surface area contributed by atoms with E-state index in [4.69, 9.17) is 15.2 Å². The first-order valence-corrected chi connectivity index (χ1v) is 15.3. The van der Waals surface area contributed by atoms with Crippen molar-refractivity contribution in [2.24, 2.45) is 59.0 Å². The number of esters is 1. The molecule has 1 aliphatic heterocycles. The van der Waals surface area contributed by atoms with Crippen LogP contribution in [0, 0.1) is 53.3 Å². The molecule has 9 nitrogen and oxygen atoms in total. The van der Waals surface area contributed by atoms with Crippen LogP contribution in [0.15, 0.2) is 37.0 Å². The van der Waals surface area contributed by atoms with E-state index in [0.717, 1.165) is 0 Å². The Balaban J connectivity index is 2.21. The summed E-state index contributed by atoms with van der Waals surface area (Å²) in [6.45, 7) is 18.4. The van der Waals surface area contributed by atoms with Crippen LogP contribution >= 0.6 is 0 Å². The molecular weight excluding hydrogens is 538 g/mol. The normalized spacial score (nSPS) is 37.0. The molecule has 0 spiro atoms. The molecule has 6 N–H and O–H groups in total. The smallest absolute Gasteiger partial charge is 0.404 e. The summed E-state index contributed by atoms with van der Waals surface area (Å²) in [5, 5.41) is 44.7. The molecule has 2 rings (SSSR count). The number of nitrogens with two attached hydrogens (primary N) is 1. The second-order valence-electron chi connectivity index (χ2n) is 13.4. The van der Waals surface area contributed by atoms with Gasteiger partial charge in [0, 0.05) is 24.2 Å². The van der Waals surface area contributed by atoms with Crippen LogP contribution in [0.25, 0.3) is 0 Å². The van der Waals surface area contributed by atoms with Crippen molar-refractivity contribution in [1.29, 1.82) is 0 Å². The third-order valence-corrected chi connectivity index (χ3v) is 10.1. The second kappa shape index (κ2) is 15.0. The summed E-state index contributed by atoms with van der Waals surface area (Å²) in [6, 6.07) is 0. The molecule has 2 aliphatic rings. The highest BCUT2D eigenvalue weighted by Crippen LogP contribution is 2.49. The zero-order chi connectivity index (χ0) is 32.1. The SMILES string of the molecule is C=C/C=C\[C@H](C)[C@H](OC(N)=O)[C@@H](C)[C@H](O)[C@@H](C)C[C@@](C)(O)[C@@H]1[C@H](C)[C@@H](O)[C@@H](C)[C@H]1/C=C/C[C@@H]1OC(=O)[C@H](C)[C@@H](O)[C@H]1C. The Hall–Kier alpha value is -2.20. The molecule has 15 atom stereocenters. The average molecular weight is 594 g/mol. The van der Waals surface area contributed by atoms with Crippen molar-refractivity contribution in [2.45, 2.75) is 104 Å². The highest BCUT2D eigenvalue weighted by molar-refractivity contribution is 5.73. The molecule has 0 aromatic carbocycles. The Morgan fingerprint density at radius 3 is 2.31 bits per heavy atom. The summed E-state index contributed by atoms with van der Waals surface area (Å²) in [5.74, 6) is -3.09. The molecule has 0 unspecified atom stereocenters. The van der Waals surface area contributed by atoms with Crippen molar-refractivity contribution in [3.05, 3.63) is 37.0 Å². The Morgan fingerprint density at radius 2 is 1.74 bits per heavy atom. The number of hydrogen-bond donors (Lipinski definition) is 5. The van der Waals surface area contributed by atoms with E-state index in [1.54, 1.807) is 32.9 Å². The van der Waals surface area contributed by atoms with Crippen LogP contribution in [0.1, 0.15) is 68.2 Å². The van der Waals surface area contributed by atoms with Gasteiger partial charge in [0.05, 0.1) is 29.8 Å². The van der Waals surface area contributed by atoms with Crippen molar-refractivity contribution >= 4 is 12.1 Å². The summed E-state index contributed by atoms with van der Waals surface area (Å²) < 4.78 is 11.0. The van der Waals surface area contributed by atoms with Crippen LogP contribution in [-0.4, -0.2) is 68.6 Å². The van der Waals surface area contributed by atoms with Gasteiger partial charge in [0.2, 0.25) is 0 Å². The van der Waals surface area contributed by atoms with E-state index in [-0.39, 0.29) is 47.8 Å². The molecule has 0 radical (unpaired) electrons. The number of rotatable bonds is 13. The molecule has 1 amide bonds. The Morgan fingerprint density at radius 1 is 1.12 bits per heavy atom. The van der Waals surface area contributed by atoms with Crippen LogP contribution in [0.3, 0.4) is 0 Å². The van der Waals surface area contributed by atoms with E-state index in [0.29, 0.717) is 6.42 Å². The van der Waals surface area contributed by atoms with Gasteiger partial charge in [-0.25, -0.2) is 4.79 Å². The van der Waals surface area contributed by atoms with Gasteiger partial charge in [-0.2, -0.15) is 0 Å². The molecule has 1 saturated carbocycles. The number of amides is 1. The summed E-state index contributed by atoms with van der Waals surface area (Å²) in [7, 11) is 0. The lowest BCUT2D eigenvalue weighted by molar-refractivity contribution is -0.176. The van der Waals surface area contributed by atoms with Crippen LogP contribution in [0.5, 0.6) is 0 Å². The van der Waals surface area contributed by atoms with Gasteiger partial charge in [-0.05, 0) is 49.9 Å². The molecule has 0 aromatic heterocycles. The average Bonchev–Trinajstić information content (AvgIpc) is 3.14. The zero-order valence-corrected chi connectivity index (χ0v) is 26.6. The molecule has 1 aliphatic carbocycles. The monoisotopic (exact) mass is 593 g/mol.